The Balaban J connectivity index is 1.16. The van der Waals surface area contributed by atoms with Crippen LogP contribution in [0.4, 0.5) is 17.1 Å². The van der Waals surface area contributed by atoms with Gasteiger partial charge < -0.3 is 9.32 Å². The summed E-state index contributed by atoms with van der Waals surface area (Å²) < 4.78 is 7.13. The highest BCUT2D eigenvalue weighted by atomic mass is 16.3. The van der Waals surface area contributed by atoms with Crippen LogP contribution >= 0.6 is 0 Å². The van der Waals surface area contributed by atoms with Crippen molar-refractivity contribution in [1.29, 1.82) is 0 Å². The zero-order valence-corrected chi connectivity index (χ0v) is 35.9. The van der Waals surface area contributed by atoms with Crippen LogP contribution in [0.3, 0.4) is 0 Å². The number of nitrogens with zero attached hydrogens (tertiary/aromatic N) is 1. The quantitative estimate of drug-likeness (QED) is 0.165. The molecule has 0 unspecified atom stereocenters. The van der Waals surface area contributed by atoms with Crippen molar-refractivity contribution < 1.29 is 4.42 Å². The lowest BCUT2D eigenvalue weighted by Crippen LogP contribution is -2.13. The number of hydrogen-bond donors (Lipinski definition) is 0. The lowest BCUT2D eigenvalue weighted by atomic mass is 9.79. The summed E-state index contributed by atoms with van der Waals surface area (Å²) in [5, 5.41) is 6.99. The molecule has 300 valence electrons. The minimum Gasteiger partial charge on any atom is -0.454 e. The molecular formula is C61H45NO. The molecule has 0 bridgehead atoms. The second-order valence-corrected chi connectivity index (χ2v) is 18.0. The van der Waals surface area contributed by atoms with E-state index in [0.717, 1.165) is 39.0 Å². The third-order valence-electron chi connectivity index (χ3n) is 13.3. The molecule has 0 N–H and O–H groups in total. The van der Waals surface area contributed by atoms with Crippen LogP contribution in [-0.4, -0.2) is 0 Å². The number of hydrogen-bond acceptors (Lipinski definition) is 2. The highest BCUT2D eigenvalue weighted by Gasteiger charge is 2.28. The van der Waals surface area contributed by atoms with Gasteiger partial charge in [0.1, 0.15) is 5.58 Å². The second-order valence-electron chi connectivity index (χ2n) is 18.0. The van der Waals surface area contributed by atoms with Crippen LogP contribution in [0.1, 0.15) is 31.9 Å². The van der Waals surface area contributed by atoms with Gasteiger partial charge in [0.25, 0.3) is 0 Å². The minimum absolute atomic E-state index is 0.0868. The van der Waals surface area contributed by atoms with Gasteiger partial charge in [-0.1, -0.05) is 203 Å². The number of furan rings is 1. The van der Waals surface area contributed by atoms with Crippen molar-refractivity contribution in [2.45, 2.75) is 33.1 Å². The number of benzene rings is 10. The Bertz CT molecular complexity index is 3570. The monoisotopic (exact) mass is 807 g/mol. The third-order valence-corrected chi connectivity index (χ3v) is 13.3. The van der Waals surface area contributed by atoms with E-state index in [1.807, 2.05) is 0 Å². The summed E-state index contributed by atoms with van der Waals surface area (Å²) in [6.07, 6.45) is 0. The van der Waals surface area contributed by atoms with E-state index in [-0.39, 0.29) is 5.41 Å². The Kier molecular flexibility index (Phi) is 8.36. The molecule has 1 heterocycles. The van der Waals surface area contributed by atoms with E-state index in [0.29, 0.717) is 0 Å². The van der Waals surface area contributed by atoms with Crippen LogP contribution in [0, 0.1) is 6.92 Å². The van der Waals surface area contributed by atoms with E-state index in [9.17, 15) is 0 Å². The normalized spacial score (nSPS) is 12.1. The van der Waals surface area contributed by atoms with E-state index in [1.165, 1.54) is 88.3 Å². The van der Waals surface area contributed by atoms with Crippen LogP contribution in [0.15, 0.2) is 205 Å². The number of fused-ring (bicyclic) bond motifs is 13. The van der Waals surface area contributed by atoms with E-state index in [1.54, 1.807) is 0 Å². The molecule has 10 aromatic carbocycles. The summed E-state index contributed by atoms with van der Waals surface area (Å²) in [4.78, 5) is 2.47. The number of rotatable bonds is 4. The van der Waals surface area contributed by atoms with E-state index >= 15 is 0 Å². The summed E-state index contributed by atoms with van der Waals surface area (Å²) in [6, 6.07) is 73.7. The maximum absolute atomic E-state index is 7.13. The molecule has 1 aliphatic carbocycles. The zero-order chi connectivity index (χ0) is 42.4. The first-order valence-corrected chi connectivity index (χ1v) is 22.0. The molecule has 0 radical (unpaired) electrons. The number of para-hydroxylation sites is 3. The van der Waals surface area contributed by atoms with Crippen LogP contribution in [-0.2, 0) is 5.41 Å². The molecule has 0 fully saturated rings. The minimum atomic E-state index is -0.0868. The molecule has 0 aliphatic heterocycles. The smallest absolute Gasteiger partial charge is 0.159 e. The predicted molar refractivity (Wildman–Crippen MR) is 268 cm³/mol. The Morgan fingerprint density at radius 3 is 1.35 bits per heavy atom. The largest absolute Gasteiger partial charge is 0.454 e. The van der Waals surface area contributed by atoms with Crippen molar-refractivity contribution in [2.75, 3.05) is 4.90 Å². The fourth-order valence-electron chi connectivity index (χ4n) is 10.4. The van der Waals surface area contributed by atoms with Crippen molar-refractivity contribution in [3.05, 3.63) is 211 Å². The van der Waals surface area contributed by atoms with Crippen LogP contribution in [0.5, 0.6) is 0 Å². The van der Waals surface area contributed by atoms with Gasteiger partial charge in [-0.2, -0.15) is 0 Å². The third kappa shape index (κ3) is 5.71. The molecule has 0 saturated heterocycles. The van der Waals surface area contributed by atoms with E-state index < -0.39 is 0 Å². The number of anilines is 3. The first-order valence-electron chi connectivity index (χ1n) is 22.0. The fraction of sp³-hybridized carbons (Fsp3) is 0.0820. The van der Waals surface area contributed by atoms with Gasteiger partial charge in [0.2, 0.25) is 0 Å². The first-order chi connectivity index (χ1) is 30.8. The lowest BCUT2D eigenvalue weighted by molar-refractivity contribution is 0.573. The summed E-state index contributed by atoms with van der Waals surface area (Å²) in [6.45, 7) is 9.00. The van der Waals surface area contributed by atoms with Gasteiger partial charge in [-0.25, -0.2) is 0 Å². The molecule has 1 aliphatic rings. The maximum Gasteiger partial charge on any atom is 0.159 e. The van der Waals surface area contributed by atoms with Crippen molar-refractivity contribution in [3.63, 3.8) is 0 Å². The molecule has 1 aromatic heterocycles. The van der Waals surface area contributed by atoms with Gasteiger partial charge in [-0.15, -0.1) is 0 Å². The molecule has 0 saturated carbocycles. The molecule has 63 heavy (non-hydrogen) atoms. The highest BCUT2D eigenvalue weighted by molar-refractivity contribution is 6.24. The standard InChI is InChI=1S/C61H45NO/c1-38-19-5-16-33-55(38)62(56-34-18-31-52-51-30-17-32-54(61(2,3)4)59(51)63-60(52)56)58-49-28-14-12-26-47(49)57(48-27-13-15-29-50(48)58)39-35-36-46-44-24-9-8-22-42(44)40-20-6-7-21-41(40)43-23-10-11-25-45(43)53(46)37-39/h5-37H,1-4H3. The first kappa shape index (κ1) is 37.1. The van der Waals surface area contributed by atoms with Gasteiger partial charge >= 0.3 is 0 Å². The van der Waals surface area contributed by atoms with Crippen LogP contribution in [0.25, 0.3) is 99.1 Å². The van der Waals surface area contributed by atoms with Crippen molar-refractivity contribution in [2.24, 2.45) is 0 Å². The fourth-order valence-corrected chi connectivity index (χ4v) is 10.4. The Hall–Kier alpha value is -7.68. The van der Waals surface area contributed by atoms with Gasteiger partial charge in [0.15, 0.2) is 5.58 Å². The summed E-state index contributed by atoms with van der Waals surface area (Å²) >= 11 is 0. The summed E-state index contributed by atoms with van der Waals surface area (Å²) in [7, 11) is 0. The van der Waals surface area contributed by atoms with E-state index in [2.05, 4.69) is 233 Å². The zero-order valence-electron chi connectivity index (χ0n) is 35.9. The maximum atomic E-state index is 7.13. The molecular weight excluding hydrogens is 763 g/mol. The summed E-state index contributed by atoms with van der Waals surface area (Å²) in [5.41, 5.74) is 19.8. The van der Waals surface area contributed by atoms with Gasteiger partial charge in [0.05, 0.1) is 11.4 Å². The lowest BCUT2D eigenvalue weighted by Gasteiger charge is -2.30. The molecule has 2 nitrogen and oxygen atoms in total. The van der Waals surface area contributed by atoms with Crippen molar-refractivity contribution >= 4 is 60.5 Å². The SMILES string of the molecule is Cc1ccccc1N(c1c2ccccc2c(-c2ccc3c(c2)-c2ccccc2-c2ccccc2-c2ccccc2-3)c2ccccc12)c1cccc2c1oc1c(C(C)(C)C)cccc12. The van der Waals surface area contributed by atoms with Gasteiger partial charge in [-0.3, -0.25) is 0 Å². The Morgan fingerprint density at radius 2 is 0.794 bits per heavy atom. The molecule has 0 spiro atoms. The van der Waals surface area contributed by atoms with Crippen molar-refractivity contribution in [3.8, 4) is 55.6 Å². The molecule has 12 rings (SSSR count). The van der Waals surface area contributed by atoms with Crippen LogP contribution < -0.4 is 4.90 Å². The molecule has 0 atom stereocenters. The molecule has 0 amide bonds. The van der Waals surface area contributed by atoms with Crippen LogP contribution in [0.2, 0.25) is 0 Å². The Morgan fingerprint density at radius 1 is 0.365 bits per heavy atom. The Labute approximate surface area is 368 Å². The average Bonchev–Trinajstić information content (AvgIpc) is 3.71. The second kappa shape index (κ2) is 14.2. The predicted octanol–water partition coefficient (Wildman–Crippen LogP) is 17.6. The number of aryl methyl sites for hydroxylation is 1. The topological polar surface area (TPSA) is 16.4 Å². The van der Waals surface area contributed by atoms with Crippen molar-refractivity contribution in [1.82, 2.24) is 0 Å². The molecule has 11 aromatic rings. The van der Waals surface area contributed by atoms with Gasteiger partial charge in [-0.05, 0) is 103 Å². The molecule has 2 heteroatoms. The van der Waals surface area contributed by atoms with Gasteiger partial charge in [0, 0.05) is 32.8 Å². The highest BCUT2D eigenvalue weighted by Crippen LogP contribution is 2.53. The van der Waals surface area contributed by atoms with E-state index in [4.69, 9.17) is 4.42 Å². The average molecular weight is 808 g/mol. The summed E-state index contributed by atoms with van der Waals surface area (Å²) in [5.74, 6) is 0.